The minimum Gasteiger partial charge on any atom is -0.368 e. The molecule has 0 aliphatic rings. The minimum atomic E-state index is -0.456. The minimum absolute atomic E-state index is 0.0347. The third-order valence-electron chi connectivity index (χ3n) is 0.709. The van der Waals surface area contributed by atoms with Crippen LogP contribution in [0.1, 0.15) is 0 Å². The van der Waals surface area contributed by atoms with E-state index in [4.69, 9.17) is 5.73 Å². The number of nitrogens with zero attached hydrogens (tertiary/aromatic N) is 4. The van der Waals surface area contributed by atoms with Gasteiger partial charge in [0, 0.05) is 0 Å². The van der Waals surface area contributed by atoms with Crippen molar-refractivity contribution in [1.82, 2.24) is 20.2 Å². The monoisotopic (exact) mass is 127 g/mol. The second-order valence-corrected chi connectivity index (χ2v) is 1.47. The van der Waals surface area contributed by atoms with E-state index in [0.29, 0.717) is 0 Å². The predicted molar refractivity (Wildman–Crippen MR) is 27.0 cm³/mol. The van der Waals surface area contributed by atoms with Crippen LogP contribution in [0, 0.1) is 0 Å². The second-order valence-electron chi connectivity index (χ2n) is 1.47. The summed E-state index contributed by atoms with van der Waals surface area (Å²) in [7, 11) is 0. The van der Waals surface area contributed by atoms with Crippen molar-refractivity contribution in [2.24, 2.45) is 5.73 Å². The first kappa shape index (κ1) is 5.67. The SMILES string of the molecule is NC(=O)Cn1cnnn1. The fourth-order valence-corrected chi connectivity index (χ4v) is 0.412. The molecule has 1 heterocycles. The molecule has 0 radical (unpaired) electrons. The number of hydrogen-bond acceptors (Lipinski definition) is 4. The lowest BCUT2D eigenvalue weighted by molar-refractivity contribution is -0.118. The molecule has 0 atom stereocenters. The maximum absolute atomic E-state index is 10.2. The molecule has 0 bridgehead atoms. The van der Waals surface area contributed by atoms with Gasteiger partial charge in [-0.1, -0.05) is 0 Å². The highest BCUT2D eigenvalue weighted by Crippen LogP contribution is 1.73. The van der Waals surface area contributed by atoms with Crippen LogP contribution >= 0.6 is 0 Å². The summed E-state index contributed by atoms with van der Waals surface area (Å²) in [6.45, 7) is 0.0347. The zero-order valence-electron chi connectivity index (χ0n) is 4.56. The van der Waals surface area contributed by atoms with Gasteiger partial charge >= 0.3 is 0 Å². The molecule has 0 saturated heterocycles. The van der Waals surface area contributed by atoms with E-state index in [1.807, 2.05) is 0 Å². The molecule has 1 aromatic rings. The molecule has 48 valence electrons. The number of carbonyl (C=O) groups excluding carboxylic acids is 1. The number of hydrogen-bond donors (Lipinski definition) is 1. The summed E-state index contributed by atoms with van der Waals surface area (Å²) in [6, 6.07) is 0. The van der Waals surface area contributed by atoms with Crippen LogP contribution in [0.5, 0.6) is 0 Å². The number of tetrazole rings is 1. The van der Waals surface area contributed by atoms with Gasteiger partial charge in [0.15, 0.2) is 0 Å². The summed E-state index contributed by atoms with van der Waals surface area (Å²) in [5.41, 5.74) is 4.83. The standard InChI is InChI=1S/C3H5N5O/c4-3(9)1-8-2-5-6-7-8/h2H,1H2,(H2,4,9). The zero-order chi connectivity index (χ0) is 6.69. The van der Waals surface area contributed by atoms with E-state index in [0.717, 1.165) is 0 Å². The van der Waals surface area contributed by atoms with Crippen LogP contribution < -0.4 is 5.73 Å². The van der Waals surface area contributed by atoms with Gasteiger partial charge in [0.05, 0.1) is 0 Å². The van der Waals surface area contributed by atoms with Gasteiger partial charge in [0.2, 0.25) is 5.91 Å². The van der Waals surface area contributed by atoms with Crippen molar-refractivity contribution < 1.29 is 4.79 Å². The molecule has 2 N–H and O–H groups in total. The number of nitrogens with two attached hydrogens (primary N) is 1. The van der Waals surface area contributed by atoms with E-state index in [1.54, 1.807) is 0 Å². The molecule has 0 aliphatic carbocycles. The fourth-order valence-electron chi connectivity index (χ4n) is 0.412. The van der Waals surface area contributed by atoms with Crippen LogP contribution in [-0.4, -0.2) is 26.1 Å². The Balaban J connectivity index is 2.58. The molecule has 0 saturated carbocycles. The average Bonchev–Trinajstić information content (AvgIpc) is 2.15. The highest BCUT2D eigenvalue weighted by molar-refractivity contribution is 5.73. The highest BCUT2D eigenvalue weighted by atomic mass is 16.1. The predicted octanol–water partition coefficient (Wildman–Crippen LogP) is -1.84. The van der Waals surface area contributed by atoms with Gasteiger partial charge in [-0.25, -0.2) is 4.68 Å². The average molecular weight is 127 g/mol. The number of amides is 1. The molecule has 9 heavy (non-hydrogen) atoms. The first-order valence-corrected chi connectivity index (χ1v) is 2.28. The van der Waals surface area contributed by atoms with Gasteiger partial charge in [-0.05, 0) is 10.4 Å². The summed E-state index contributed by atoms with van der Waals surface area (Å²) in [6.07, 6.45) is 1.32. The Morgan fingerprint density at radius 3 is 3.00 bits per heavy atom. The third kappa shape index (κ3) is 1.48. The van der Waals surface area contributed by atoms with E-state index in [-0.39, 0.29) is 6.54 Å². The molecular weight excluding hydrogens is 122 g/mol. The summed E-state index contributed by atoms with van der Waals surface area (Å²) in [5, 5.41) is 10.0. The molecule has 0 unspecified atom stereocenters. The summed E-state index contributed by atoms with van der Waals surface area (Å²) in [4.78, 5) is 10.2. The lowest BCUT2D eigenvalue weighted by Gasteiger charge is -1.89. The largest absolute Gasteiger partial charge is 0.368 e. The quantitative estimate of drug-likeness (QED) is 0.505. The highest BCUT2D eigenvalue weighted by Gasteiger charge is 1.95. The number of rotatable bonds is 2. The molecule has 0 fully saturated rings. The molecule has 1 amide bonds. The van der Waals surface area contributed by atoms with Crippen LogP contribution in [0.15, 0.2) is 6.33 Å². The van der Waals surface area contributed by atoms with E-state index < -0.39 is 5.91 Å². The summed E-state index contributed by atoms with van der Waals surface area (Å²) >= 11 is 0. The van der Waals surface area contributed by atoms with Crippen LogP contribution in [0.3, 0.4) is 0 Å². The summed E-state index contributed by atoms with van der Waals surface area (Å²) < 4.78 is 1.25. The first-order valence-electron chi connectivity index (χ1n) is 2.28. The van der Waals surface area contributed by atoms with Crippen molar-refractivity contribution in [3.63, 3.8) is 0 Å². The Morgan fingerprint density at radius 2 is 2.56 bits per heavy atom. The lowest BCUT2D eigenvalue weighted by Crippen LogP contribution is -2.18. The number of carbonyl (C=O) groups is 1. The molecule has 1 aromatic heterocycles. The Bertz CT molecular complexity index is 192. The Labute approximate surface area is 50.6 Å². The fraction of sp³-hybridized carbons (Fsp3) is 0.333. The van der Waals surface area contributed by atoms with Crippen LogP contribution in [0.2, 0.25) is 0 Å². The van der Waals surface area contributed by atoms with Crippen molar-refractivity contribution in [3.8, 4) is 0 Å². The topological polar surface area (TPSA) is 86.7 Å². The molecular formula is C3H5N5O. The van der Waals surface area contributed by atoms with Crippen LogP contribution in [-0.2, 0) is 11.3 Å². The maximum atomic E-state index is 10.2. The molecule has 0 aliphatic heterocycles. The van der Waals surface area contributed by atoms with Gasteiger partial charge in [-0.15, -0.1) is 5.10 Å². The van der Waals surface area contributed by atoms with Crippen molar-refractivity contribution in [3.05, 3.63) is 6.33 Å². The Hall–Kier alpha value is -1.46. The first-order chi connectivity index (χ1) is 4.29. The third-order valence-corrected chi connectivity index (χ3v) is 0.709. The van der Waals surface area contributed by atoms with Gasteiger partial charge in [0.1, 0.15) is 12.9 Å². The molecule has 0 spiro atoms. The van der Waals surface area contributed by atoms with Crippen molar-refractivity contribution in [1.29, 1.82) is 0 Å². The van der Waals surface area contributed by atoms with Crippen LogP contribution in [0.4, 0.5) is 0 Å². The smallest absolute Gasteiger partial charge is 0.239 e. The lowest BCUT2D eigenvalue weighted by atomic mass is 10.6. The zero-order valence-corrected chi connectivity index (χ0v) is 4.56. The van der Waals surface area contributed by atoms with Crippen LogP contribution in [0.25, 0.3) is 0 Å². The summed E-state index contributed by atoms with van der Waals surface area (Å²) in [5.74, 6) is -0.456. The van der Waals surface area contributed by atoms with Crippen molar-refractivity contribution >= 4 is 5.91 Å². The molecule has 6 heteroatoms. The van der Waals surface area contributed by atoms with E-state index in [2.05, 4.69) is 15.5 Å². The van der Waals surface area contributed by atoms with Gasteiger partial charge in [-0.2, -0.15) is 0 Å². The van der Waals surface area contributed by atoms with E-state index in [9.17, 15) is 4.79 Å². The normalized spacial score (nSPS) is 9.33. The number of aromatic nitrogens is 4. The Kier molecular flexibility index (Phi) is 1.39. The Morgan fingerprint density at radius 1 is 1.78 bits per heavy atom. The van der Waals surface area contributed by atoms with Crippen molar-refractivity contribution in [2.45, 2.75) is 6.54 Å². The van der Waals surface area contributed by atoms with Gasteiger partial charge < -0.3 is 5.73 Å². The van der Waals surface area contributed by atoms with Gasteiger partial charge in [-0.3, -0.25) is 4.79 Å². The van der Waals surface area contributed by atoms with E-state index in [1.165, 1.54) is 11.0 Å². The van der Waals surface area contributed by atoms with Crippen molar-refractivity contribution in [2.75, 3.05) is 0 Å². The molecule has 1 rings (SSSR count). The molecule has 0 aromatic carbocycles. The second kappa shape index (κ2) is 2.21. The van der Waals surface area contributed by atoms with Gasteiger partial charge in [0.25, 0.3) is 0 Å². The van der Waals surface area contributed by atoms with E-state index >= 15 is 0 Å². The number of primary amides is 1. The molecule has 6 nitrogen and oxygen atoms in total. The maximum Gasteiger partial charge on any atom is 0.239 e.